The highest BCUT2D eigenvalue weighted by Gasteiger charge is 2.29. The van der Waals surface area contributed by atoms with E-state index in [9.17, 15) is 4.79 Å². The largest absolute Gasteiger partial charge is 0.368 e. The zero-order valence-corrected chi connectivity index (χ0v) is 17.4. The number of ether oxygens (including phenoxy) is 1. The molecule has 1 fully saturated rings. The molecule has 10 heteroatoms. The molecule has 8 nitrogen and oxygen atoms in total. The van der Waals surface area contributed by atoms with E-state index in [1.54, 1.807) is 5.51 Å². The van der Waals surface area contributed by atoms with Crippen LogP contribution in [0.5, 0.6) is 0 Å². The smallest absolute Gasteiger partial charge is 0.266 e. The third kappa shape index (κ3) is 4.03. The normalized spacial score (nSPS) is 17.0. The molecular formula is C18H20N6O2S2. The lowest BCUT2D eigenvalue weighted by molar-refractivity contribution is -0.0246. The van der Waals surface area contributed by atoms with Crippen LogP contribution in [0.4, 0.5) is 10.8 Å². The minimum Gasteiger partial charge on any atom is -0.368 e. The average Bonchev–Trinajstić information content (AvgIpc) is 3.28. The van der Waals surface area contributed by atoms with Gasteiger partial charge in [-0.2, -0.15) is 0 Å². The number of morpholine rings is 1. The van der Waals surface area contributed by atoms with Crippen molar-refractivity contribution in [3.63, 3.8) is 0 Å². The maximum Gasteiger partial charge on any atom is 0.266 e. The highest BCUT2D eigenvalue weighted by molar-refractivity contribution is 7.15. The molecule has 0 aliphatic carbocycles. The number of carbonyl (C=O) groups is 1. The van der Waals surface area contributed by atoms with Gasteiger partial charge in [0.05, 0.1) is 30.1 Å². The third-order valence-electron chi connectivity index (χ3n) is 4.37. The highest BCUT2D eigenvalue weighted by atomic mass is 32.1. The Kier molecular flexibility index (Phi) is 5.33. The molecule has 1 saturated heterocycles. The summed E-state index contributed by atoms with van der Waals surface area (Å²) in [6, 6.07) is 3.90. The molecule has 1 atom stereocenters. The van der Waals surface area contributed by atoms with Gasteiger partial charge in [-0.05, 0) is 32.9 Å². The molecule has 4 rings (SSSR count). The number of anilines is 2. The van der Waals surface area contributed by atoms with Crippen LogP contribution in [0.15, 0.2) is 17.6 Å². The summed E-state index contributed by atoms with van der Waals surface area (Å²) in [5.41, 5.74) is 5.01. The summed E-state index contributed by atoms with van der Waals surface area (Å²) in [5.74, 6) is 0.00337. The zero-order chi connectivity index (χ0) is 19.7. The van der Waals surface area contributed by atoms with Gasteiger partial charge < -0.3 is 15.0 Å². The Bertz CT molecular complexity index is 1000. The molecule has 0 bridgehead atoms. The molecule has 0 spiro atoms. The van der Waals surface area contributed by atoms with Crippen LogP contribution in [0.1, 0.15) is 37.9 Å². The van der Waals surface area contributed by atoms with Crippen LogP contribution < -0.4 is 5.32 Å². The van der Waals surface area contributed by atoms with Crippen molar-refractivity contribution < 1.29 is 9.53 Å². The Morgan fingerprint density at radius 2 is 2.14 bits per heavy atom. The van der Waals surface area contributed by atoms with E-state index in [0.717, 1.165) is 32.9 Å². The van der Waals surface area contributed by atoms with Crippen molar-refractivity contribution in [3.8, 4) is 0 Å². The fourth-order valence-corrected chi connectivity index (χ4v) is 4.45. The maximum absolute atomic E-state index is 12.8. The van der Waals surface area contributed by atoms with Gasteiger partial charge in [-0.1, -0.05) is 11.3 Å². The van der Waals surface area contributed by atoms with Crippen molar-refractivity contribution in [1.29, 1.82) is 0 Å². The first-order chi connectivity index (χ1) is 13.5. The summed E-state index contributed by atoms with van der Waals surface area (Å²) < 4.78 is 5.93. The Labute approximate surface area is 170 Å². The van der Waals surface area contributed by atoms with Crippen molar-refractivity contribution in [3.05, 3.63) is 44.6 Å². The van der Waals surface area contributed by atoms with Gasteiger partial charge in [-0.15, -0.1) is 21.5 Å². The first kappa shape index (κ1) is 18.9. The Morgan fingerprint density at radius 3 is 2.86 bits per heavy atom. The summed E-state index contributed by atoms with van der Waals surface area (Å²) in [5, 5.41) is 13.0. The molecule has 3 aromatic heterocycles. The minimum absolute atomic E-state index is 0.00337. The standard InChI is InChI=1S/C18H20N6O2S2/c1-10-6-13(21-18-23-22-12(3)28-18)7-14(20-10)15-8-24(4-5-26-15)17(25)16-11(2)19-9-27-16/h6-7,9,15H,4-5,8H2,1-3H3,(H,20,21,23). The SMILES string of the molecule is Cc1cc(Nc2nnc(C)s2)cc(C2CN(C(=O)c3scnc3C)CCO2)n1. The predicted molar refractivity (Wildman–Crippen MR) is 108 cm³/mol. The van der Waals surface area contributed by atoms with E-state index in [-0.39, 0.29) is 12.0 Å². The van der Waals surface area contributed by atoms with Crippen LogP contribution in [0, 0.1) is 20.8 Å². The van der Waals surface area contributed by atoms with Crippen LogP contribution in [0.2, 0.25) is 0 Å². The molecule has 1 amide bonds. The number of aromatic nitrogens is 4. The highest BCUT2D eigenvalue weighted by Crippen LogP contribution is 2.27. The number of carbonyl (C=O) groups excluding carboxylic acids is 1. The van der Waals surface area contributed by atoms with Crippen molar-refractivity contribution in [2.45, 2.75) is 26.9 Å². The summed E-state index contributed by atoms with van der Waals surface area (Å²) in [4.78, 5) is 24.2. The molecule has 4 heterocycles. The first-order valence-electron chi connectivity index (χ1n) is 8.86. The lowest BCUT2D eigenvalue weighted by atomic mass is 10.1. The Morgan fingerprint density at radius 1 is 1.29 bits per heavy atom. The van der Waals surface area contributed by atoms with E-state index in [2.05, 4.69) is 25.5 Å². The number of hydrogen-bond acceptors (Lipinski definition) is 9. The van der Waals surface area contributed by atoms with Crippen LogP contribution >= 0.6 is 22.7 Å². The number of aryl methyl sites for hydroxylation is 3. The van der Waals surface area contributed by atoms with Gasteiger partial charge in [0, 0.05) is 17.9 Å². The summed E-state index contributed by atoms with van der Waals surface area (Å²) in [7, 11) is 0. The average molecular weight is 417 g/mol. The molecule has 0 aromatic carbocycles. The number of nitrogens with zero attached hydrogens (tertiary/aromatic N) is 5. The van der Waals surface area contributed by atoms with Crippen LogP contribution in [0.3, 0.4) is 0 Å². The lowest BCUT2D eigenvalue weighted by Crippen LogP contribution is -2.42. The molecule has 0 radical (unpaired) electrons. The number of pyridine rings is 1. The summed E-state index contributed by atoms with van der Waals surface area (Å²) in [6.07, 6.45) is -0.275. The minimum atomic E-state index is -0.275. The van der Waals surface area contributed by atoms with Crippen molar-refractivity contribution in [2.24, 2.45) is 0 Å². The second-order valence-corrected chi connectivity index (χ2v) is 8.59. The maximum atomic E-state index is 12.8. The van der Waals surface area contributed by atoms with Gasteiger partial charge in [0.25, 0.3) is 5.91 Å². The van der Waals surface area contributed by atoms with Gasteiger partial charge in [-0.3, -0.25) is 9.78 Å². The van der Waals surface area contributed by atoms with E-state index < -0.39 is 0 Å². The third-order valence-corrected chi connectivity index (χ3v) is 6.04. The molecule has 146 valence electrons. The second-order valence-electron chi connectivity index (χ2n) is 6.55. The van der Waals surface area contributed by atoms with E-state index in [1.807, 2.05) is 37.8 Å². The lowest BCUT2D eigenvalue weighted by Gasteiger charge is -2.32. The zero-order valence-electron chi connectivity index (χ0n) is 15.8. The molecule has 28 heavy (non-hydrogen) atoms. The summed E-state index contributed by atoms with van der Waals surface area (Å²) in [6.45, 7) is 7.21. The van der Waals surface area contributed by atoms with Crippen molar-refractivity contribution in [1.82, 2.24) is 25.1 Å². The summed E-state index contributed by atoms with van der Waals surface area (Å²) >= 11 is 2.87. The van der Waals surface area contributed by atoms with Gasteiger partial charge in [-0.25, -0.2) is 4.98 Å². The first-order valence-corrected chi connectivity index (χ1v) is 10.6. The fourth-order valence-electron chi connectivity index (χ4n) is 3.07. The number of nitrogens with one attached hydrogen (secondary N) is 1. The van der Waals surface area contributed by atoms with Crippen LogP contribution in [0.25, 0.3) is 0 Å². The van der Waals surface area contributed by atoms with E-state index in [4.69, 9.17) is 4.74 Å². The molecule has 1 aliphatic rings. The monoisotopic (exact) mass is 416 g/mol. The molecule has 1 N–H and O–H groups in total. The molecule has 0 saturated carbocycles. The topological polar surface area (TPSA) is 93.1 Å². The fraction of sp³-hybridized carbons (Fsp3) is 0.389. The molecule has 1 unspecified atom stereocenters. The molecule has 3 aromatic rings. The molecular weight excluding hydrogens is 396 g/mol. The Balaban J connectivity index is 1.53. The van der Waals surface area contributed by atoms with Gasteiger partial charge in [0.15, 0.2) is 0 Å². The number of amides is 1. The van der Waals surface area contributed by atoms with Gasteiger partial charge >= 0.3 is 0 Å². The quantitative estimate of drug-likeness (QED) is 0.698. The number of rotatable bonds is 4. The van der Waals surface area contributed by atoms with Crippen LogP contribution in [-0.4, -0.2) is 50.7 Å². The van der Waals surface area contributed by atoms with Crippen molar-refractivity contribution in [2.75, 3.05) is 25.0 Å². The van der Waals surface area contributed by atoms with E-state index in [0.29, 0.717) is 24.6 Å². The number of thiazole rings is 1. The van der Waals surface area contributed by atoms with Crippen LogP contribution in [-0.2, 0) is 4.74 Å². The van der Waals surface area contributed by atoms with Gasteiger partial charge in [0.2, 0.25) is 5.13 Å². The second kappa shape index (κ2) is 7.90. The molecule has 1 aliphatic heterocycles. The van der Waals surface area contributed by atoms with Gasteiger partial charge in [0.1, 0.15) is 16.0 Å². The van der Waals surface area contributed by atoms with E-state index in [1.165, 1.54) is 22.7 Å². The van der Waals surface area contributed by atoms with E-state index >= 15 is 0 Å². The van der Waals surface area contributed by atoms with Crippen molar-refractivity contribution >= 4 is 39.4 Å². The predicted octanol–water partition coefficient (Wildman–Crippen LogP) is 3.27. The number of hydrogen-bond donors (Lipinski definition) is 1. The Hall–Kier alpha value is -2.43.